The van der Waals surface area contributed by atoms with Crippen LogP contribution in [0.2, 0.25) is 0 Å². The summed E-state index contributed by atoms with van der Waals surface area (Å²) in [5.74, 6) is 0. The van der Waals surface area contributed by atoms with Gasteiger partial charge in [-0.2, -0.15) is 0 Å². The van der Waals surface area contributed by atoms with Crippen molar-refractivity contribution in [2.75, 3.05) is 19.3 Å². The third kappa shape index (κ3) is 3.38. The van der Waals surface area contributed by atoms with E-state index in [1.165, 1.54) is 0 Å². The molecule has 0 radical (unpaired) electrons. The minimum Gasteiger partial charge on any atom is -0.284 e. The van der Waals surface area contributed by atoms with E-state index in [-0.39, 0.29) is 0 Å². The van der Waals surface area contributed by atoms with Gasteiger partial charge in [-0.25, -0.2) is 0 Å². The minimum absolute atomic E-state index is 0.375. The summed E-state index contributed by atoms with van der Waals surface area (Å²) in [5, 5.41) is 0. The fourth-order valence-corrected chi connectivity index (χ4v) is 1.61. The Bertz CT molecular complexity index is 64.1. The van der Waals surface area contributed by atoms with Gasteiger partial charge in [0.2, 0.25) is 0 Å². The summed E-state index contributed by atoms with van der Waals surface area (Å²) in [6.45, 7) is 6.49. The van der Waals surface area contributed by atoms with Crippen molar-refractivity contribution >= 4 is 24.4 Å². The molecule has 1 atom stereocenters. The predicted octanol–water partition coefficient (Wildman–Crippen LogP) is 1.90. The lowest BCUT2D eigenvalue weighted by atomic mass is 10.6. The molecular formula is C6H15NS2. The van der Waals surface area contributed by atoms with Gasteiger partial charge in [0.25, 0.3) is 0 Å². The van der Waals surface area contributed by atoms with Gasteiger partial charge in [-0.15, -0.1) is 24.4 Å². The van der Waals surface area contributed by atoms with E-state index in [4.69, 9.17) is 0 Å². The molecule has 1 nitrogen and oxygen atoms in total. The van der Waals surface area contributed by atoms with Crippen molar-refractivity contribution in [2.45, 2.75) is 18.6 Å². The molecule has 0 aromatic rings. The second-order valence-corrected chi connectivity index (χ2v) is 3.54. The Labute approximate surface area is 67.6 Å². The van der Waals surface area contributed by atoms with E-state index in [2.05, 4.69) is 37.6 Å². The topological polar surface area (TPSA) is 3.24 Å². The lowest BCUT2D eigenvalue weighted by Crippen LogP contribution is -2.28. The maximum absolute atomic E-state index is 4.37. The number of hydrogen-bond acceptors (Lipinski definition) is 3. The van der Waals surface area contributed by atoms with Crippen molar-refractivity contribution in [3.63, 3.8) is 0 Å². The Balaban J connectivity index is 3.50. The van der Waals surface area contributed by atoms with Crippen LogP contribution in [0.25, 0.3) is 0 Å². The Morgan fingerprint density at radius 2 is 1.89 bits per heavy atom. The van der Waals surface area contributed by atoms with Crippen LogP contribution in [0.15, 0.2) is 0 Å². The number of hydrogen-bond donors (Lipinski definition) is 1. The standard InChI is InChI=1S/C6H15NS2/c1-4-7(5-2)6(8)9-3/h6,8H,4-5H2,1-3H3. The Morgan fingerprint density at radius 1 is 1.44 bits per heavy atom. The molecule has 0 spiro atoms. The van der Waals surface area contributed by atoms with Crippen LogP contribution in [0.5, 0.6) is 0 Å². The third-order valence-corrected chi connectivity index (χ3v) is 3.01. The highest BCUT2D eigenvalue weighted by atomic mass is 32.2. The second kappa shape index (κ2) is 5.45. The van der Waals surface area contributed by atoms with Crippen LogP contribution in [0.3, 0.4) is 0 Å². The highest BCUT2D eigenvalue weighted by Gasteiger charge is 2.06. The highest BCUT2D eigenvalue weighted by Crippen LogP contribution is 2.14. The zero-order chi connectivity index (χ0) is 7.28. The molecular weight excluding hydrogens is 150 g/mol. The van der Waals surface area contributed by atoms with E-state index in [0.717, 1.165) is 13.1 Å². The van der Waals surface area contributed by atoms with Crippen molar-refractivity contribution < 1.29 is 0 Å². The monoisotopic (exact) mass is 165 g/mol. The molecule has 0 N–H and O–H groups in total. The maximum Gasteiger partial charge on any atom is 0.0995 e. The molecule has 0 aliphatic rings. The van der Waals surface area contributed by atoms with Crippen LogP contribution < -0.4 is 0 Å². The van der Waals surface area contributed by atoms with Crippen LogP contribution in [0.1, 0.15) is 13.8 Å². The summed E-state index contributed by atoms with van der Waals surface area (Å²) < 4.78 is 0.375. The quantitative estimate of drug-likeness (QED) is 0.501. The van der Waals surface area contributed by atoms with E-state index in [1.54, 1.807) is 11.8 Å². The Hall–Kier alpha value is 0.660. The first-order chi connectivity index (χ1) is 4.26. The largest absolute Gasteiger partial charge is 0.284 e. The average Bonchev–Trinajstić information content (AvgIpc) is 1.90. The Morgan fingerprint density at radius 3 is 2.00 bits per heavy atom. The van der Waals surface area contributed by atoms with Gasteiger partial charge in [-0.3, -0.25) is 4.90 Å². The van der Waals surface area contributed by atoms with E-state index in [1.807, 2.05) is 0 Å². The predicted molar refractivity (Wildman–Crippen MR) is 49.2 cm³/mol. The lowest BCUT2D eigenvalue weighted by molar-refractivity contribution is 0.340. The fraction of sp³-hybridized carbons (Fsp3) is 1.00. The van der Waals surface area contributed by atoms with Gasteiger partial charge in [0.1, 0.15) is 0 Å². The van der Waals surface area contributed by atoms with E-state index < -0.39 is 0 Å². The Kier molecular flexibility index (Phi) is 5.84. The van der Waals surface area contributed by atoms with Crippen LogP contribution in [0, 0.1) is 0 Å². The first-order valence-corrected chi connectivity index (χ1v) is 5.01. The molecule has 0 aliphatic heterocycles. The fourth-order valence-electron chi connectivity index (χ4n) is 0.685. The molecule has 0 rings (SSSR count). The molecule has 3 heteroatoms. The smallest absolute Gasteiger partial charge is 0.0995 e. The number of rotatable bonds is 4. The number of thioether (sulfide) groups is 1. The number of thiol groups is 1. The number of nitrogens with zero attached hydrogens (tertiary/aromatic N) is 1. The van der Waals surface area contributed by atoms with Gasteiger partial charge >= 0.3 is 0 Å². The summed E-state index contributed by atoms with van der Waals surface area (Å²) in [6, 6.07) is 0. The molecule has 0 saturated heterocycles. The van der Waals surface area contributed by atoms with Gasteiger partial charge in [0.15, 0.2) is 0 Å². The molecule has 56 valence electrons. The van der Waals surface area contributed by atoms with Gasteiger partial charge in [-0.1, -0.05) is 13.8 Å². The average molecular weight is 165 g/mol. The van der Waals surface area contributed by atoms with Crippen molar-refractivity contribution in [1.29, 1.82) is 0 Å². The minimum atomic E-state index is 0.375. The van der Waals surface area contributed by atoms with Crippen molar-refractivity contribution in [2.24, 2.45) is 0 Å². The third-order valence-electron chi connectivity index (χ3n) is 1.34. The molecule has 0 aromatic heterocycles. The van der Waals surface area contributed by atoms with Crippen LogP contribution >= 0.6 is 24.4 Å². The van der Waals surface area contributed by atoms with Gasteiger partial charge in [-0.05, 0) is 19.3 Å². The zero-order valence-electron chi connectivity index (χ0n) is 6.29. The molecule has 0 fully saturated rings. The second-order valence-electron chi connectivity index (χ2n) is 1.78. The summed E-state index contributed by atoms with van der Waals surface area (Å²) in [6.07, 6.45) is 2.08. The normalized spacial score (nSPS) is 14.3. The summed E-state index contributed by atoms with van der Waals surface area (Å²) in [5.41, 5.74) is 0. The first kappa shape index (κ1) is 9.66. The van der Waals surface area contributed by atoms with Crippen LogP contribution in [-0.4, -0.2) is 29.0 Å². The first-order valence-electron chi connectivity index (χ1n) is 3.21. The SMILES string of the molecule is CCN(CC)C(S)SC. The summed E-state index contributed by atoms with van der Waals surface area (Å²) >= 11 is 6.15. The molecule has 1 unspecified atom stereocenters. The molecule has 9 heavy (non-hydrogen) atoms. The molecule has 0 amide bonds. The van der Waals surface area contributed by atoms with E-state index >= 15 is 0 Å². The summed E-state index contributed by atoms with van der Waals surface area (Å²) in [7, 11) is 0. The van der Waals surface area contributed by atoms with Gasteiger partial charge in [0, 0.05) is 0 Å². The molecule has 0 heterocycles. The molecule has 0 aliphatic carbocycles. The van der Waals surface area contributed by atoms with Crippen molar-refractivity contribution in [3.8, 4) is 0 Å². The zero-order valence-corrected chi connectivity index (χ0v) is 8.01. The lowest BCUT2D eigenvalue weighted by Gasteiger charge is -2.23. The van der Waals surface area contributed by atoms with E-state index in [0.29, 0.717) is 4.71 Å². The van der Waals surface area contributed by atoms with Gasteiger partial charge < -0.3 is 0 Å². The molecule has 0 aromatic carbocycles. The van der Waals surface area contributed by atoms with Crippen molar-refractivity contribution in [1.82, 2.24) is 4.90 Å². The van der Waals surface area contributed by atoms with Crippen LogP contribution in [0.4, 0.5) is 0 Å². The van der Waals surface area contributed by atoms with Crippen molar-refractivity contribution in [3.05, 3.63) is 0 Å². The highest BCUT2D eigenvalue weighted by molar-refractivity contribution is 8.09. The molecule has 0 bridgehead atoms. The molecule has 0 saturated carbocycles. The van der Waals surface area contributed by atoms with Gasteiger partial charge in [0.05, 0.1) is 4.71 Å². The summed E-state index contributed by atoms with van der Waals surface area (Å²) in [4.78, 5) is 2.30. The van der Waals surface area contributed by atoms with Crippen LogP contribution in [-0.2, 0) is 0 Å². The van der Waals surface area contributed by atoms with E-state index in [9.17, 15) is 0 Å². The maximum atomic E-state index is 4.37.